The van der Waals surface area contributed by atoms with Crippen molar-refractivity contribution in [2.75, 3.05) is 11.9 Å². The Balaban J connectivity index is 2.15. The summed E-state index contributed by atoms with van der Waals surface area (Å²) in [6.45, 7) is 2.82. The molecule has 1 aromatic carbocycles. The molecule has 1 aliphatic heterocycles. The molecule has 3 N–H and O–H groups in total. The molecule has 0 aliphatic carbocycles. The molecule has 1 aromatic rings. The Kier molecular flexibility index (Phi) is 4.62. The fourth-order valence-corrected chi connectivity index (χ4v) is 2.71. The van der Waals surface area contributed by atoms with E-state index in [1.165, 1.54) is 6.07 Å². The molecule has 20 heavy (non-hydrogen) atoms. The van der Waals surface area contributed by atoms with E-state index in [2.05, 4.69) is 10.6 Å². The van der Waals surface area contributed by atoms with E-state index in [-0.39, 0.29) is 34.1 Å². The van der Waals surface area contributed by atoms with Gasteiger partial charge in [0.15, 0.2) is 0 Å². The topological polar surface area (TPSA) is 78.4 Å². The predicted octanol–water partition coefficient (Wildman–Crippen LogP) is 2.36. The number of anilines is 1. The van der Waals surface area contributed by atoms with E-state index >= 15 is 0 Å². The lowest BCUT2D eigenvalue weighted by Gasteiger charge is -2.27. The summed E-state index contributed by atoms with van der Waals surface area (Å²) in [6, 6.07) is 4.96. The van der Waals surface area contributed by atoms with Gasteiger partial charge in [-0.2, -0.15) is 0 Å². The molecule has 108 valence electrons. The third-order valence-electron chi connectivity index (χ3n) is 3.48. The number of hydrogen-bond acceptors (Lipinski definition) is 3. The van der Waals surface area contributed by atoms with E-state index in [1.807, 2.05) is 6.92 Å². The molecule has 0 radical (unpaired) electrons. The average molecular weight is 297 g/mol. The number of hydrogen-bond donors (Lipinski definition) is 3. The van der Waals surface area contributed by atoms with Crippen molar-refractivity contribution in [1.29, 1.82) is 0 Å². The number of nitrogens with one attached hydrogen (secondary N) is 2. The summed E-state index contributed by atoms with van der Waals surface area (Å²) in [5, 5.41) is 15.3. The quantitative estimate of drug-likeness (QED) is 0.800. The smallest absolute Gasteiger partial charge is 0.339 e. The summed E-state index contributed by atoms with van der Waals surface area (Å²) < 4.78 is 0. The minimum absolute atomic E-state index is 0.0653. The maximum Gasteiger partial charge on any atom is 0.339 e. The van der Waals surface area contributed by atoms with Gasteiger partial charge in [-0.05, 0) is 38.4 Å². The van der Waals surface area contributed by atoms with Crippen molar-refractivity contribution >= 4 is 29.2 Å². The minimum atomic E-state index is -1.15. The molecule has 2 rings (SSSR count). The molecule has 1 fully saturated rings. The van der Waals surface area contributed by atoms with Gasteiger partial charge >= 0.3 is 5.97 Å². The van der Waals surface area contributed by atoms with E-state index in [4.69, 9.17) is 16.7 Å². The lowest BCUT2D eigenvalue weighted by molar-refractivity contribution is -0.120. The highest BCUT2D eigenvalue weighted by Crippen LogP contribution is 2.26. The number of carboxylic acids is 1. The second-order valence-corrected chi connectivity index (χ2v) is 5.44. The molecule has 0 bridgehead atoms. The number of rotatable bonds is 3. The van der Waals surface area contributed by atoms with Gasteiger partial charge < -0.3 is 15.7 Å². The van der Waals surface area contributed by atoms with Crippen molar-refractivity contribution in [3.63, 3.8) is 0 Å². The number of amides is 1. The van der Waals surface area contributed by atoms with E-state index < -0.39 is 5.97 Å². The Morgan fingerprint density at radius 1 is 1.45 bits per heavy atom. The fourth-order valence-electron chi connectivity index (χ4n) is 2.45. The predicted molar refractivity (Wildman–Crippen MR) is 77.2 cm³/mol. The summed E-state index contributed by atoms with van der Waals surface area (Å²) in [4.78, 5) is 23.4. The number of benzene rings is 1. The minimum Gasteiger partial charge on any atom is -0.478 e. The van der Waals surface area contributed by atoms with Crippen LogP contribution in [0.1, 0.15) is 30.1 Å². The average Bonchev–Trinajstić information content (AvgIpc) is 2.38. The summed E-state index contributed by atoms with van der Waals surface area (Å²) in [5.41, 5.74) is 0.186. The Labute approximate surface area is 122 Å². The molecular formula is C14H17ClN2O3. The first-order valence-electron chi connectivity index (χ1n) is 6.55. The standard InChI is InChI=1S/C14H17ClN2O3/c1-8-7-9(5-6-16-8)13(18)17-11-4-2-3-10(15)12(11)14(19)20/h2-4,8-9,16H,5-7H2,1H3,(H,17,18)(H,19,20). The summed E-state index contributed by atoms with van der Waals surface area (Å²) in [7, 11) is 0. The first kappa shape index (κ1) is 14.8. The third-order valence-corrected chi connectivity index (χ3v) is 3.79. The molecule has 5 nitrogen and oxygen atoms in total. The van der Waals surface area contributed by atoms with Gasteiger partial charge in [0, 0.05) is 12.0 Å². The molecule has 1 heterocycles. The van der Waals surface area contributed by atoms with E-state index in [0.717, 1.165) is 19.4 Å². The maximum absolute atomic E-state index is 12.2. The lowest BCUT2D eigenvalue weighted by atomic mass is 9.92. The number of aromatic carboxylic acids is 1. The third kappa shape index (κ3) is 3.29. The van der Waals surface area contributed by atoms with Gasteiger partial charge in [0.1, 0.15) is 5.56 Å². The molecule has 1 saturated heterocycles. The molecule has 0 saturated carbocycles. The van der Waals surface area contributed by atoms with Crippen molar-refractivity contribution in [1.82, 2.24) is 5.32 Å². The van der Waals surface area contributed by atoms with E-state index in [9.17, 15) is 9.59 Å². The van der Waals surface area contributed by atoms with Gasteiger partial charge in [-0.1, -0.05) is 17.7 Å². The van der Waals surface area contributed by atoms with Crippen LogP contribution >= 0.6 is 11.6 Å². The highest BCUT2D eigenvalue weighted by molar-refractivity contribution is 6.34. The van der Waals surface area contributed by atoms with Gasteiger partial charge in [0.2, 0.25) is 5.91 Å². The van der Waals surface area contributed by atoms with Crippen LogP contribution < -0.4 is 10.6 Å². The van der Waals surface area contributed by atoms with Crippen LogP contribution in [0.2, 0.25) is 5.02 Å². The van der Waals surface area contributed by atoms with Gasteiger partial charge in [-0.25, -0.2) is 4.79 Å². The number of halogens is 1. The van der Waals surface area contributed by atoms with Crippen LogP contribution in [0.5, 0.6) is 0 Å². The van der Waals surface area contributed by atoms with Crippen LogP contribution in [0.3, 0.4) is 0 Å². The SMILES string of the molecule is CC1CC(C(=O)Nc2cccc(Cl)c2C(=O)O)CCN1. The molecule has 1 amide bonds. The largest absolute Gasteiger partial charge is 0.478 e. The Morgan fingerprint density at radius 3 is 2.85 bits per heavy atom. The van der Waals surface area contributed by atoms with Crippen molar-refractivity contribution < 1.29 is 14.7 Å². The van der Waals surface area contributed by atoms with Gasteiger partial charge in [-0.15, -0.1) is 0 Å². The van der Waals surface area contributed by atoms with Crippen molar-refractivity contribution in [2.45, 2.75) is 25.8 Å². The molecule has 6 heteroatoms. The zero-order valence-electron chi connectivity index (χ0n) is 11.1. The van der Waals surface area contributed by atoms with Crippen molar-refractivity contribution in [3.8, 4) is 0 Å². The zero-order chi connectivity index (χ0) is 14.7. The first-order chi connectivity index (χ1) is 9.49. The highest BCUT2D eigenvalue weighted by atomic mass is 35.5. The van der Waals surface area contributed by atoms with Crippen LogP contribution in [-0.4, -0.2) is 29.6 Å². The van der Waals surface area contributed by atoms with Crippen LogP contribution in [0, 0.1) is 5.92 Å². The number of carbonyl (C=O) groups is 2. The lowest BCUT2D eigenvalue weighted by Crippen LogP contribution is -2.40. The molecule has 1 aliphatic rings. The molecule has 0 aromatic heterocycles. The summed E-state index contributed by atoms with van der Waals surface area (Å²) in [5.74, 6) is -1.40. The highest BCUT2D eigenvalue weighted by Gasteiger charge is 2.26. The Bertz CT molecular complexity index is 533. The normalized spacial score (nSPS) is 22.3. The number of piperidine rings is 1. The number of carboxylic acid groups (broad SMARTS) is 1. The first-order valence-corrected chi connectivity index (χ1v) is 6.93. The van der Waals surface area contributed by atoms with Gasteiger partial charge in [0.25, 0.3) is 0 Å². The van der Waals surface area contributed by atoms with Crippen LogP contribution in [0.25, 0.3) is 0 Å². The summed E-state index contributed by atoms with van der Waals surface area (Å²) in [6.07, 6.45) is 1.49. The second kappa shape index (κ2) is 6.24. The molecule has 2 unspecified atom stereocenters. The zero-order valence-corrected chi connectivity index (χ0v) is 11.9. The van der Waals surface area contributed by atoms with E-state index in [1.54, 1.807) is 12.1 Å². The van der Waals surface area contributed by atoms with E-state index in [0.29, 0.717) is 0 Å². The van der Waals surface area contributed by atoms with Crippen LogP contribution in [0.15, 0.2) is 18.2 Å². The fraction of sp³-hybridized carbons (Fsp3) is 0.429. The van der Waals surface area contributed by atoms with Crippen LogP contribution in [0.4, 0.5) is 5.69 Å². The van der Waals surface area contributed by atoms with Crippen molar-refractivity contribution in [3.05, 3.63) is 28.8 Å². The molecule has 2 atom stereocenters. The second-order valence-electron chi connectivity index (χ2n) is 5.03. The van der Waals surface area contributed by atoms with Gasteiger partial charge in [0.05, 0.1) is 10.7 Å². The monoisotopic (exact) mass is 296 g/mol. The van der Waals surface area contributed by atoms with Gasteiger partial charge in [-0.3, -0.25) is 4.79 Å². The maximum atomic E-state index is 12.2. The Morgan fingerprint density at radius 2 is 2.20 bits per heavy atom. The van der Waals surface area contributed by atoms with Crippen molar-refractivity contribution in [2.24, 2.45) is 5.92 Å². The molecular weight excluding hydrogens is 280 g/mol. The molecule has 0 spiro atoms. The summed E-state index contributed by atoms with van der Waals surface area (Å²) >= 11 is 5.87. The number of carbonyl (C=O) groups excluding carboxylic acids is 1. The van der Waals surface area contributed by atoms with Crippen LogP contribution in [-0.2, 0) is 4.79 Å². The Hall–Kier alpha value is -1.59.